The highest BCUT2D eigenvalue weighted by atomic mass is 16.5. The fraction of sp³-hybridized carbons (Fsp3) is 0.375. The van der Waals surface area contributed by atoms with E-state index in [1.807, 2.05) is 37.3 Å². The van der Waals surface area contributed by atoms with Crippen molar-refractivity contribution in [2.45, 2.75) is 46.8 Å². The summed E-state index contributed by atoms with van der Waals surface area (Å²) in [6.45, 7) is 7.54. The van der Waals surface area contributed by atoms with Crippen molar-refractivity contribution in [2.75, 3.05) is 13.7 Å². The molecule has 0 unspecified atom stereocenters. The first-order chi connectivity index (χ1) is 14.1. The number of unbranched alkanes of at least 4 members (excludes halogenated alkanes) is 1. The Hall–Kier alpha value is -2.79. The van der Waals surface area contributed by atoms with E-state index >= 15 is 0 Å². The lowest BCUT2D eigenvalue weighted by Crippen LogP contribution is -2.06. The van der Waals surface area contributed by atoms with Crippen molar-refractivity contribution in [2.24, 2.45) is 0 Å². The van der Waals surface area contributed by atoms with Gasteiger partial charge in [0.2, 0.25) is 0 Å². The first-order valence-corrected chi connectivity index (χ1v) is 10.1. The number of fused-ring (bicyclic) bond motifs is 1. The summed E-state index contributed by atoms with van der Waals surface area (Å²) in [5, 5.41) is 9.70. The van der Waals surface area contributed by atoms with Crippen molar-refractivity contribution in [1.29, 1.82) is 0 Å². The highest BCUT2D eigenvalue weighted by molar-refractivity contribution is 5.78. The third kappa shape index (κ3) is 4.80. The molecule has 1 aromatic heterocycles. The largest absolute Gasteiger partial charge is 0.493 e. The van der Waals surface area contributed by atoms with E-state index in [1.165, 1.54) is 11.1 Å². The van der Waals surface area contributed by atoms with Gasteiger partial charge < -0.3 is 19.1 Å². The second-order valence-electron chi connectivity index (χ2n) is 7.23. The molecule has 0 spiro atoms. The molecule has 0 fully saturated rings. The van der Waals surface area contributed by atoms with Crippen LogP contribution >= 0.6 is 0 Å². The molecule has 0 bridgehead atoms. The number of benzene rings is 2. The lowest BCUT2D eigenvalue weighted by atomic mass is 10.1. The van der Waals surface area contributed by atoms with E-state index in [4.69, 9.17) is 9.47 Å². The monoisotopic (exact) mass is 394 g/mol. The number of hydrogen-bond acceptors (Lipinski definition) is 4. The summed E-state index contributed by atoms with van der Waals surface area (Å²) in [4.78, 5) is 4.59. The molecule has 0 saturated heterocycles. The number of aromatic nitrogens is 2. The van der Waals surface area contributed by atoms with E-state index in [-0.39, 0.29) is 6.61 Å². The van der Waals surface area contributed by atoms with Crippen molar-refractivity contribution in [1.82, 2.24) is 9.55 Å². The van der Waals surface area contributed by atoms with Crippen LogP contribution in [0.2, 0.25) is 0 Å². The molecule has 0 radical (unpaired) electrons. The lowest BCUT2D eigenvalue weighted by Gasteiger charge is -2.12. The maximum absolute atomic E-state index is 9.70. The van der Waals surface area contributed by atoms with E-state index in [9.17, 15) is 5.11 Å². The summed E-state index contributed by atoms with van der Waals surface area (Å²) in [6, 6.07) is 10.2. The van der Waals surface area contributed by atoms with Gasteiger partial charge in [0, 0.05) is 6.54 Å². The van der Waals surface area contributed by atoms with Crippen molar-refractivity contribution in [3.05, 3.63) is 58.9 Å². The molecule has 0 amide bonds. The molecule has 0 aliphatic rings. The Balaban J connectivity index is 1.61. The zero-order chi connectivity index (χ0) is 20.8. The Bertz CT molecular complexity index is 1010. The zero-order valence-electron chi connectivity index (χ0n) is 17.7. The molecule has 1 heterocycles. The summed E-state index contributed by atoms with van der Waals surface area (Å²) in [6.07, 6.45) is 5.86. The van der Waals surface area contributed by atoms with E-state index in [2.05, 4.69) is 35.5 Å². The molecule has 5 heteroatoms. The molecular weight excluding hydrogens is 364 g/mol. The fourth-order valence-corrected chi connectivity index (χ4v) is 3.45. The van der Waals surface area contributed by atoms with E-state index in [0.29, 0.717) is 12.4 Å². The maximum atomic E-state index is 9.70. The first-order valence-electron chi connectivity index (χ1n) is 10.1. The summed E-state index contributed by atoms with van der Waals surface area (Å²) in [5.74, 6) is 2.22. The van der Waals surface area contributed by atoms with Crippen molar-refractivity contribution < 1.29 is 14.6 Å². The summed E-state index contributed by atoms with van der Waals surface area (Å²) >= 11 is 0. The van der Waals surface area contributed by atoms with Crippen LogP contribution in [0.5, 0.6) is 11.5 Å². The highest BCUT2D eigenvalue weighted by Crippen LogP contribution is 2.29. The van der Waals surface area contributed by atoms with Crippen LogP contribution in [0.1, 0.15) is 42.3 Å². The molecule has 1 N–H and O–H groups in total. The van der Waals surface area contributed by atoms with Gasteiger partial charge in [-0.1, -0.05) is 18.2 Å². The number of aryl methyl sites for hydroxylation is 3. The second-order valence-corrected chi connectivity index (χ2v) is 7.23. The third-order valence-corrected chi connectivity index (χ3v) is 5.16. The van der Waals surface area contributed by atoms with Gasteiger partial charge in [-0.05, 0) is 74.6 Å². The Morgan fingerprint density at radius 1 is 1.07 bits per heavy atom. The number of hydrogen-bond donors (Lipinski definition) is 1. The van der Waals surface area contributed by atoms with Crippen LogP contribution in [-0.2, 0) is 13.2 Å². The molecule has 0 aliphatic heterocycles. The molecule has 3 rings (SSSR count). The quantitative estimate of drug-likeness (QED) is 0.516. The van der Waals surface area contributed by atoms with Crippen molar-refractivity contribution in [3.8, 4) is 11.5 Å². The number of rotatable bonds is 9. The van der Waals surface area contributed by atoms with Crippen LogP contribution in [0, 0.1) is 13.8 Å². The normalized spacial score (nSPS) is 11.5. The molecule has 5 nitrogen and oxygen atoms in total. The van der Waals surface area contributed by atoms with Gasteiger partial charge in [-0.25, -0.2) is 4.98 Å². The molecular formula is C24H30N2O3. The van der Waals surface area contributed by atoms with Crippen molar-refractivity contribution in [3.63, 3.8) is 0 Å². The van der Waals surface area contributed by atoms with Gasteiger partial charge in [0.05, 0.1) is 24.8 Å². The highest BCUT2D eigenvalue weighted by Gasteiger charge is 2.11. The van der Waals surface area contributed by atoms with Gasteiger partial charge in [0.1, 0.15) is 12.4 Å². The van der Waals surface area contributed by atoms with Crippen LogP contribution in [0.3, 0.4) is 0 Å². The minimum atomic E-state index is -0.0565. The first kappa shape index (κ1) is 20.9. The number of aliphatic hydroxyl groups is 1. The summed E-state index contributed by atoms with van der Waals surface area (Å²) in [7, 11) is 1.66. The fourth-order valence-electron chi connectivity index (χ4n) is 3.45. The molecule has 0 atom stereocenters. The number of aliphatic hydroxyl groups excluding tert-OH is 1. The van der Waals surface area contributed by atoms with Gasteiger partial charge in [0.25, 0.3) is 0 Å². The van der Waals surface area contributed by atoms with Gasteiger partial charge in [-0.15, -0.1) is 0 Å². The maximum Gasteiger partial charge on any atom is 0.161 e. The molecule has 3 aromatic rings. The number of nitrogens with zero attached hydrogens (tertiary/aromatic N) is 2. The molecule has 0 aliphatic carbocycles. The van der Waals surface area contributed by atoms with Crippen LogP contribution in [0.4, 0.5) is 0 Å². The summed E-state index contributed by atoms with van der Waals surface area (Å²) in [5.41, 5.74) is 5.57. The van der Waals surface area contributed by atoms with E-state index in [1.54, 1.807) is 7.11 Å². The average Bonchev–Trinajstić information content (AvgIpc) is 3.05. The smallest absolute Gasteiger partial charge is 0.161 e. The van der Waals surface area contributed by atoms with Crippen LogP contribution in [-0.4, -0.2) is 28.4 Å². The summed E-state index contributed by atoms with van der Waals surface area (Å²) < 4.78 is 13.5. The Kier molecular flexibility index (Phi) is 6.94. The number of imidazole rings is 1. The molecule has 29 heavy (non-hydrogen) atoms. The van der Waals surface area contributed by atoms with Crippen LogP contribution in [0.15, 0.2) is 36.4 Å². The van der Waals surface area contributed by atoms with Gasteiger partial charge >= 0.3 is 0 Å². The minimum absolute atomic E-state index is 0.0565. The SMILES string of the molecule is C/C=C/c1ccc(OCCCCn2c(CO)nc3cc(C)c(C)cc32)c(OC)c1. The van der Waals surface area contributed by atoms with Gasteiger partial charge in [-0.2, -0.15) is 0 Å². The average molecular weight is 395 g/mol. The predicted octanol–water partition coefficient (Wildman–Crippen LogP) is 5.05. The predicted molar refractivity (Wildman–Crippen MR) is 118 cm³/mol. The zero-order valence-corrected chi connectivity index (χ0v) is 17.7. The lowest BCUT2D eigenvalue weighted by molar-refractivity contribution is 0.262. The minimum Gasteiger partial charge on any atom is -0.493 e. The van der Waals surface area contributed by atoms with Crippen LogP contribution in [0.25, 0.3) is 17.1 Å². The third-order valence-electron chi connectivity index (χ3n) is 5.16. The number of ether oxygens (including phenoxy) is 2. The standard InChI is InChI=1S/C24H30N2O3/c1-5-8-19-9-10-22(23(15-19)28-4)29-12-7-6-11-26-21-14-18(3)17(2)13-20(21)25-24(26)16-27/h5,8-10,13-15,27H,6-7,11-12,16H2,1-4H3/b8-5+. The van der Waals surface area contributed by atoms with E-state index < -0.39 is 0 Å². The molecule has 154 valence electrons. The number of methoxy groups -OCH3 is 1. The second kappa shape index (κ2) is 9.61. The van der Waals surface area contributed by atoms with Crippen LogP contribution < -0.4 is 9.47 Å². The topological polar surface area (TPSA) is 56.5 Å². The molecule has 2 aromatic carbocycles. The van der Waals surface area contributed by atoms with Gasteiger partial charge in [0.15, 0.2) is 11.5 Å². The van der Waals surface area contributed by atoms with E-state index in [0.717, 1.165) is 47.5 Å². The molecule has 0 saturated carbocycles. The van der Waals surface area contributed by atoms with Crippen molar-refractivity contribution >= 4 is 17.1 Å². The van der Waals surface area contributed by atoms with Gasteiger partial charge in [-0.3, -0.25) is 0 Å². The Morgan fingerprint density at radius 3 is 2.59 bits per heavy atom. The Morgan fingerprint density at radius 2 is 1.86 bits per heavy atom. The number of allylic oxidation sites excluding steroid dienone is 1. The Labute approximate surface area is 172 Å².